The Morgan fingerprint density at radius 1 is 1.00 bits per heavy atom. The van der Waals surface area contributed by atoms with Gasteiger partial charge in [0, 0.05) is 29.9 Å². The van der Waals surface area contributed by atoms with Gasteiger partial charge in [-0.1, -0.05) is 12.1 Å². The van der Waals surface area contributed by atoms with Crippen molar-refractivity contribution < 1.29 is 15.3 Å². The smallest absolute Gasteiger partial charge is 0.119 e. The fraction of sp³-hybridized carbons (Fsp3) is 0.188. The molecule has 4 N–H and O–H groups in total. The molecule has 1 aliphatic carbocycles. The Labute approximate surface area is 116 Å². The Morgan fingerprint density at radius 3 is 2.50 bits per heavy atom. The standard InChI is InChI=1S/C16H15NO3/c17-15-8-13-10(3-4-16(20)12(13)5-6-18)11-2-1-9(19)7-14(11)15/h1-4,7,17-20H,5-6,8H2. The van der Waals surface area contributed by atoms with Crippen LogP contribution in [0, 0.1) is 5.41 Å². The summed E-state index contributed by atoms with van der Waals surface area (Å²) >= 11 is 0. The lowest BCUT2D eigenvalue weighted by Gasteiger charge is -2.24. The van der Waals surface area contributed by atoms with Crippen LogP contribution < -0.4 is 0 Å². The van der Waals surface area contributed by atoms with Gasteiger partial charge >= 0.3 is 0 Å². The normalized spacial score (nSPS) is 12.9. The van der Waals surface area contributed by atoms with E-state index in [1.807, 2.05) is 6.07 Å². The summed E-state index contributed by atoms with van der Waals surface area (Å²) < 4.78 is 0. The van der Waals surface area contributed by atoms with Crippen molar-refractivity contribution in [3.8, 4) is 22.6 Å². The molecule has 0 bridgehead atoms. The maximum absolute atomic E-state index is 9.95. The maximum Gasteiger partial charge on any atom is 0.119 e. The highest BCUT2D eigenvalue weighted by Gasteiger charge is 2.24. The summed E-state index contributed by atoms with van der Waals surface area (Å²) in [5.41, 5.74) is 4.56. The second-order valence-corrected chi connectivity index (χ2v) is 4.95. The molecule has 0 saturated carbocycles. The molecule has 4 nitrogen and oxygen atoms in total. The quantitative estimate of drug-likeness (QED) is 0.674. The van der Waals surface area contributed by atoms with Crippen molar-refractivity contribution >= 4 is 5.71 Å². The number of phenols is 2. The van der Waals surface area contributed by atoms with Crippen LogP contribution >= 0.6 is 0 Å². The van der Waals surface area contributed by atoms with Crippen LogP contribution in [-0.2, 0) is 12.8 Å². The van der Waals surface area contributed by atoms with Crippen LogP contribution in [0.3, 0.4) is 0 Å². The zero-order valence-electron chi connectivity index (χ0n) is 10.8. The summed E-state index contributed by atoms with van der Waals surface area (Å²) in [7, 11) is 0. The number of aliphatic hydroxyl groups is 1. The van der Waals surface area contributed by atoms with Gasteiger partial charge in [0.1, 0.15) is 11.5 Å². The van der Waals surface area contributed by atoms with Crippen molar-refractivity contribution in [1.82, 2.24) is 0 Å². The molecular weight excluding hydrogens is 254 g/mol. The number of hydrogen-bond donors (Lipinski definition) is 4. The van der Waals surface area contributed by atoms with Gasteiger partial charge in [0.2, 0.25) is 0 Å². The van der Waals surface area contributed by atoms with E-state index >= 15 is 0 Å². The molecule has 2 aromatic carbocycles. The van der Waals surface area contributed by atoms with Crippen molar-refractivity contribution in [2.75, 3.05) is 6.61 Å². The molecule has 4 heteroatoms. The van der Waals surface area contributed by atoms with Crippen LogP contribution in [0.5, 0.6) is 11.5 Å². The third-order valence-corrected chi connectivity index (χ3v) is 3.74. The predicted molar refractivity (Wildman–Crippen MR) is 76.5 cm³/mol. The Bertz CT molecular complexity index is 707. The maximum atomic E-state index is 9.95. The van der Waals surface area contributed by atoms with Gasteiger partial charge in [-0.15, -0.1) is 0 Å². The molecule has 0 fully saturated rings. The topological polar surface area (TPSA) is 84.5 Å². The van der Waals surface area contributed by atoms with Gasteiger partial charge in [-0.25, -0.2) is 0 Å². The van der Waals surface area contributed by atoms with Gasteiger partial charge in [-0.05, 0) is 41.3 Å². The summed E-state index contributed by atoms with van der Waals surface area (Å²) in [6, 6.07) is 8.43. The summed E-state index contributed by atoms with van der Waals surface area (Å²) in [4.78, 5) is 0. The molecule has 3 rings (SSSR count). The van der Waals surface area contributed by atoms with E-state index in [2.05, 4.69) is 0 Å². The Balaban J connectivity index is 2.27. The van der Waals surface area contributed by atoms with Crippen LogP contribution in [0.2, 0.25) is 0 Å². The first-order valence-corrected chi connectivity index (χ1v) is 6.47. The number of hydrogen-bond acceptors (Lipinski definition) is 4. The number of aliphatic hydroxyl groups excluding tert-OH is 1. The van der Waals surface area contributed by atoms with Crippen molar-refractivity contribution in [2.24, 2.45) is 0 Å². The van der Waals surface area contributed by atoms with Crippen LogP contribution in [0.1, 0.15) is 16.7 Å². The van der Waals surface area contributed by atoms with Crippen molar-refractivity contribution in [3.63, 3.8) is 0 Å². The second kappa shape index (κ2) is 4.65. The minimum atomic E-state index is -0.0419. The predicted octanol–water partition coefficient (Wildman–Crippen LogP) is 2.22. The zero-order chi connectivity index (χ0) is 14.3. The van der Waals surface area contributed by atoms with E-state index in [-0.39, 0.29) is 18.1 Å². The minimum Gasteiger partial charge on any atom is -0.508 e. The van der Waals surface area contributed by atoms with Crippen LogP contribution in [0.25, 0.3) is 11.1 Å². The minimum absolute atomic E-state index is 0.0419. The molecule has 0 radical (unpaired) electrons. The van der Waals surface area contributed by atoms with Crippen LogP contribution in [-0.4, -0.2) is 27.6 Å². The monoisotopic (exact) mass is 269 g/mol. The number of fused-ring (bicyclic) bond motifs is 3. The van der Waals surface area contributed by atoms with E-state index in [9.17, 15) is 10.2 Å². The summed E-state index contributed by atoms with van der Waals surface area (Å²) in [5.74, 6) is 0.305. The Kier molecular flexibility index (Phi) is 2.95. The highest BCUT2D eigenvalue weighted by Crippen LogP contribution is 2.39. The number of aromatic hydroxyl groups is 2. The third-order valence-electron chi connectivity index (χ3n) is 3.74. The highest BCUT2D eigenvalue weighted by atomic mass is 16.3. The fourth-order valence-electron chi connectivity index (χ4n) is 2.81. The Hall–Kier alpha value is -2.33. The average Bonchev–Trinajstić information content (AvgIpc) is 2.43. The molecule has 2 aromatic rings. The van der Waals surface area contributed by atoms with Crippen molar-refractivity contribution in [2.45, 2.75) is 12.8 Å². The first-order valence-electron chi connectivity index (χ1n) is 6.47. The Morgan fingerprint density at radius 2 is 1.75 bits per heavy atom. The number of phenolic OH excluding ortho intramolecular Hbond substituents is 2. The van der Waals surface area contributed by atoms with Gasteiger partial charge in [-0.3, -0.25) is 0 Å². The molecule has 0 saturated heterocycles. The molecule has 0 heterocycles. The van der Waals surface area contributed by atoms with Gasteiger partial charge in [-0.2, -0.15) is 0 Å². The van der Waals surface area contributed by atoms with E-state index in [0.29, 0.717) is 24.1 Å². The van der Waals surface area contributed by atoms with Crippen molar-refractivity contribution in [3.05, 3.63) is 47.0 Å². The van der Waals surface area contributed by atoms with Crippen LogP contribution in [0.15, 0.2) is 30.3 Å². The first-order chi connectivity index (χ1) is 9.61. The molecule has 102 valence electrons. The van der Waals surface area contributed by atoms with E-state index in [1.165, 1.54) is 0 Å². The molecule has 0 atom stereocenters. The lowest BCUT2D eigenvalue weighted by atomic mass is 9.81. The number of rotatable bonds is 2. The molecule has 0 aromatic heterocycles. The molecule has 0 aliphatic heterocycles. The molecule has 0 unspecified atom stereocenters. The van der Waals surface area contributed by atoms with Gasteiger partial charge in [0.15, 0.2) is 0 Å². The average molecular weight is 269 g/mol. The number of benzene rings is 2. The number of nitrogens with one attached hydrogen (secondary N) is 1. The zero-order valence-corrected chi connectivity index (χ0v) is 10.8. The van der Waals surface area contributed by atoms with E-state index in [4.69, 9.17) is 10.5 Å². The van der Waals surface area contributed by atoms with E-state index in [0.717, 1.165) is 22.3 Å². The first kappa shape index (κ1) is 12.7. The molecule has 20 heavy (non-hydrogen) atoms. The fourth-order valence-corrected chi connectivity index (χ4v) is 2.81. The molecular formula is C16H15NO3. The SMILES string of the molecule is N=C1Cc2c(ccc(O)c2CCO)-c2ccc(O)cc21. The molecule has 0 amide bonds. The molecule has 0 spiro atoms. The second-order valence-electron chi connectivity index (χ2n) is 4.95. The summed E-state index contributed by atoms with van der Waals surface area (Å²) in [6.07, 6.45) is 0.769. The van der Waals surface area contributed by atoms with Crippen molar-refractivity contribution in [1.29, 1.82) is 5.41 Å². The van der Waals surface area contributed by atoms with Gasteiger partial charge < -0.3 is 20.7 Å². The highest BCUT2D eigenvalue weighted by molar-refractivity contribution is 6.09. The van der Waals surface area contributed by atoms with Gasteiger partial charge in [0.05, 0.1) is 0 Å². The van der Waals surface area contributed by atoms with Crippen LogP contribution in [0.4, 0.5) is 0 Å². The van der Waals surface area contributed by atoms with E-state index < -0.39 is 0 Å². The lowest BCUT2D eigenvalue weighted by molar-refractivity contribution is 0.297. The largest absolute Gasteiger partial charge is 0.508 e. The third kappa shape index (κ3) is 1.85. The lowest BCUT2D eigenvalue weighted by Crippen LogP contribution is -2.15. The summed E-state index contributed by atoms with van der Waals surface area (Å²) in [6.45, 7) is -0.0419. The summed E-state index contributed by atoms with van der Waals surface area (Å²) in [5, 5.41) is 36.8. The van der Waals surface area contributed by atoms with Gasteiger partial charge in [0.25, 0.3) is 0 Å². The van der Waals surface area contributed by atoms with E-state index in [1.54, 1.807) is 24.3 Å². The molecule has 1 aliphatic rings.